The van der Waals surface area contributed by atoms with E-state index < -0.39 is 0 Å². The number of nitrogens with one attached hydrogen (secondary N) is 1. The van der Waals surface area contributed by atoms with E-state index in [2.05, 4.69) is 46.4 Å². The smallest absolute Gasteiger partial charge is 0.161 e. The molecule has 4 heteroatoms. The highest BCUT2D eigenvalue weighted by molar-refractivity contribution is 5.80. The standard InChI is InChI=1S/C22H18N2O2/c1-2-5-19-18(4-1)23-22(24-19)16-8-6-15(7-9-16)17-10-11-20-21(14-17)26-13-3-12-25-20/h1-2,4-11,14H,3,12-13H2,(H,23,24). The van der Waals surface area contributed by atoms with Gasteiger partial charge in [-0.3, -0.25) is 0 Å². The van der Waals surface area contributed by atoms with Crippen LogP contribution in [0.5, 0.6) is 11.5 Å². The Labute approximate surface area is 151 Å². The summed E-state index contributed by atoms with van der Waals surface area (Å²) in [5, 5.41) is 0. The molecular weight excluding hydrogens is 324 g/mol. The average Bonchev–Trinajstić information content (AvgIpc) is 2.99. The van der Waals surface area contributed by atoms with E-state index in [-0.39, 0.29) is 0 Å². The Balaban J connectivity index is 1.47. The van der Waals surface area contributed by atoms with E-state index >= 15 is 0 Å². The molecule has 0 spiro atoms. The Morgan fingerprint density at radius 2 is 1.46 bits per heavy atom. The van der Waals surface area contributed by atoms with Gasteiger partial charge in [0.05, 0.1) is 24.2 Å². The molecule has 0 bridgehead atoms. The molecule has 0 saturated carbocycles. The monoisotopic (exact) mass is 342 g/mol. The molecule has 0 amide bonds. The van der Waals surface area contributed by atoms with Crippen LogP contribution in [0, 0.1) is 0 Å². The molecule has 4 nitrogen and oxygen atoms in total. The maximum atomic E-state index is 5.80. The predicted molar refractivity (Wildman–Crippen MR) is 103 cm³/mol. The zero-order valence-electron chi connectivity index (χ0n) is 14.2. The van der Waals surface area contributed by atoms with Gasteiger partial charge < -0.3 is 14.5 Å². The topological polar surface area (TPSA) is 47.1 Å². The number of hydrogen-bond acceptors (Lipinski definition) is 3. The molecule has 26 heavy (non-hydrogen) atoms. The van der Waals surface area contributed by atoms with Crippen LogP contribution in [0.15, 0.2) is 66.7 Å². The summed E-state index contributed by atoms with van der Waals surface area (Å²) in [5.41, 5.74) is 5.36. The molecule has 4 aromatic rings. The van der Waals surface area contributed by atoms with Crippen molar-refractivity contribution in [2.24, 2.45) is 0 Å². The fraction of sp³-hybridized carbons (Fsp3) is 0.136. The van der Waals surface area contributed by atoms with Crippen molar-refractivity contribution in [3.8, 4) is 34.0 Å². The zero-order chi connectivity index (χ0) is 17.3. The highest BCUT2D eigenvalue weighted by Crippen LogP contribution is 2.34. The van der Waals surface area contributed by atoms with Crippen molar-refractivity contribution in [1.82, 2.24) is 9.97 Å². The van der Waals surface area contributed by atoms with E-state index in [1.165, 1.54) is 0 Å². The number of rotatable bonds is 2. The molecule has 0 atom stereocenters. The summed E-state index contributed by atoms with van der Waals surface area (Å²) in [6.45, 7) is 1.40. The number of nitrogens with zero attached hydrogens (tertiary/aromatic N) is 1. The molecular formula is C22H18N2O2. The Hall–Kier alpha value is -3.27. The zero-order valence-corrected chi connectivity index (χ0v) is 14.2. The third-order valence-corrected chi connectivity index (χ3v) is 4.63. The van der Waals surface area contributed by atoms with Gasteiger partial charge in [-0.2, -0.15) is 0 Å². The highest BCUT2D eigenvalue weighted by Gasteiger charge is 2.12. The molecule has 1 aliphatic rings. The van der Waals surface area contributed by atoms with Crippen LogP contribution in [0.25, 0.3) is 33.5 Å². The first-order chi connectivity index (χ1) is 12.9. The lowest BCUT2D eigenvalue weighted by atomic mass is 10.0. The SMILES string of the molecule is c1ccc2[nH]c(-c3ccc(-c4ccc5c(c4)OCCCO5)cc3)nc2c1. The second-order valence-electron chi connectivity index (χ2n) is 6.39. The lowest BCUT2D eigenvalue weighted by Crippen LogP contribution is -1.97. The molecule has 1 aliphatic heterocycles. The minimum atomic E-state index is 0.696. The van der Waals surface area contributed by atoms with Crippen LogP contribution in [-0.2, 0) is 0 Å². The van der Waals surface area contributed by atoms with Gasteiger partial charge in [-0.05, 0) is 35.4 Å². The summed E-state index contributed by atoms with van der Waals surface area (Å²) < 4.78 is 11.5. The van der Waals surface area contributed by atoms with Gasteiger partial charge in [0.15, 0.2) is 11.5 Å². The van der Waals surface area contributed by atoms with Crippen LogP contribution in [0.2, 0.25) is 0 Å². The number of ether oxygens (including phenoxy) is 2. The molecule has 0 unspecified atom stereocenters. The molecule has 1 N–H and O–H groups in total. The van der Waals surface area contributed by atoms with Gasteiger partial charge >= 0.3 is 0 Å². The largest absolute Gasteiger partial charge is 0.490 e. The number of imidazole rings is 1. The second kappa shape index (κ2) is 6.23. The lowest BCUT2D eigenvalue weighted by Gasteiger charge is -2.10. The van der Waals surface area contributed by atoms with Gasteiger partial charge in [0.2, 0.25) is 0 Å². The molecule has 3 aromatic carbocycles. The van der Waals surface area contributed by atoms with Crippen molar-refractivity contribution >= 4 is 11.0 Å². The van der Waals surface area contributed by atoms with Crippen molar-refractivity contribution in [2.75, 3.05) is 13.2 Å². The first-order valence-electron chi connectivity index (χ1n) is 8.82. The van der Waals surface area contributed by atoms with Gasteiger partial charge in [-0.1, -0.05) is 42.5 Å². The predicted octanol–water partition coefficient (Wildman–Crippen LogP) is 5.06. The summed E-state index contributed by atoms with van der Waals surface area (Å²) in [6.07, 6.45) is 0.913. The van der Waals surface area contributed by atoms with E-state index in [0.29, 0.717) is 13.2 Å². The van der Waals surface area contributed by atoms with Crippen LogP contribution in [0.4, 0.5) is 0 Å². The van der Waals surface area contributed by atoms with Gasteiger partial charge in [-0.25, -0.2) is 4.98 Å². The summed E-state index contributed by atoms with van der Waals surface area (Å²) >= 11 is 0. The van der Waals surface area contributed by atoms with Gasteiger partial charge in [-0.15, -0.1) is 0 Å². The van der Waals surface area contributed by atoms with Gasteiger partial charge in [0, 0.05) is 12.0 Å². The third kappa shape index (κ3) is 2.69. The molecule has 0 aliphatic carbocycles. The molecule has 0 fully saturated rings. The van der Waals surface area contributed by atoms with Gasteiger partial charge in [0.1, 0.15) is 5.82 Å². The van der Waals surface area contributed by atoms with Crippen LogP contribution in [0.3, 0.4) is 0 Å². The minimum absolute atomic E-state index is 0.696. The van der Waals surface area contributed by atoms with Crippen molar-refractivity contribution in [3.63, 3.8) is 0 Å². The van der Waals surface area contributed by atoms with Crippen molar-refractivity contribution < 1.29 is 9.47 Å². The second-order valence-corrected chi connectivity index (χ2v) is 6.39. The number of H-pyrrole nitrogens is 1. The molecule has 0 saturated heterocycles. The van der Waals surface area contributed by atoms with Crippen LogP contribution >= 0.6 is 0 Å². The first kappa shape index (κ1) is 15.0. The maximum Gasteiger partial charge on any atom is 0.161 e. The Morgan fingerprint density at radius 1 is 0.731 bits per heavy atom. The molecule has 0 radical (unpaired) electrons. The van der Waals surface area contributed by atoms with Crippen LogP contribution < -0.4 is 9.47 Å². The molecule has 5 rings (SSSR count). The third-order valence-electron chi connectivity index (χ3n) is 4.63. The van der Waals surface area contributed by atoms with Gasteiger partial charge in [0.25, 0.3) is 0 Å². The van der Waals surface area contributed by atoms with Crippen molar-refractivity contribution in [1.29, 1.82) is 0 Å². The van der Waals surface area contributed by atoms with Crippen LogP contribution in [0.1, 0.15) is 6.42 Å². The number of benzene rings is 3. The number of aromatic amines is 1. The van der Waals surface area contributed by atoms with E-state index in [4.69, 9.17) is 9.47 Å². The van der Waals surface area contributed by atoms with E-state index in [0.717, 1.165) is 51.5 Å². The normalized spacial score (nSPS) is 13.5. The molecule has 2 heterocycles. The minimum Gasteiger partial charge on any atom is -0.490 e. The van der Waals surface area contributed by atoms with Crippen molar-refractivity contribution in [2.45, 2.75) is 6.42 Å². The van der Waals surface area contributed by atoms with E-state index in [1.807, 2.05) is 30.3 Å². The van der Waals surface area contributed by atoms with E-state index in [9.17, 15) is 0 Å². The quantitative estimate of drug-likeness (QED) is 0.554. The summed E-state index contributed by atoms with van der Waals surface area (Å²) in [4.78, 5) is 8.03. The maximum absolute atomic E-state index is 5.80. The Morgan fingerprint density at radius 3 is 2.31 bits per heavy atom. The average molecular weight is 342 g/mol. The summed E-state index contributed by atoms with van der Waals surface area (Å²) in [7, 11) is 0. The molecule has 128 valence electrons. The number of para-hydroxylation sites is 2. The number of hydrogen-bond donors (Lipinski definition) is 1. The summed E-state index contributed by atoms with van der Waals surface area (Å²) in [6, 6.07) is 22.6. The van der Waals surface area contributed by atoms with Crippen LogP contribution in [-0.4, -0.2) is 23.2 Å². The summed E-state index contributed by atoms with van der Waals surface area (Å²) in [5.74, 6) is 2.53. The molecule has 1 aromatic heterocycles. The fourth-order valence-electron chi connectivity index (χ4n) is 3.25. The number of fused-ring (bicyclic) bond motifs is 2. The fourth-order valence-corrected chi connectivity index (χ4v) is 3.25. The lowest BCUT2D eigenvalue weighted by molar-refractivity contribution is 0.297. The Bertz CT molecular complexity index is 1030. The van der Waals surface area contributed by atoms with Crippen molar-refractivity contribution in [3.05, 3.63) is 66.7 Å². The number of aromatic nitrogens is 2. The Kier molecular flexibility index (Phi) is 3.60. The van der Waals surface area contributed by atoms with E-state index in [1.54, 1.807) is 0 Å². The highest BCUT2D eigenvalue weighted by atomic mass is 16.5. The first-order valence-corrected chi connectivity index (χ1v) is 8.82.